The van der Waals surface area contributed by atoms with Gasteiger partial charge in [-0.15, -0.1) is 0 Å². The molecule has 3 aromatic carbocycles. The Kier molecular flexibility index (Phi) is 5.11. The Bertz CT molecular complexity index is 789. The molecular formula is C21H18FI. The minimum Gasteiger partial charge on any atom is -0.206 e. The third-order valence-corrected chi connectivity index (χ3v) is 4.67. The van der Waals surface area contributed by atoms with Crippen molar-refractivity contribution < 1.29 is 4.39 Å². The monoisotopic (exact) mass is 416 g/mol. The summed E-state index contributed by atoms with van der Waals surface area (Å²) in [7, 11) is 0. The molecule has 0 aliphatic carbocycles. The topological polar surface area (TPSA) is 0 Å². The van der Waals surface area contributed by atoms with Crippen LogP contribution in [0, 0.1) is 9.39 Å². The summed E-state index contributed by atoms with van der Waals surface area (Å²) in [4.78, 5) is 0. The minimum atomic E-state index is -0.179. The van der Waals surface area contributed by atoms with Crippen molar-refractivity contribution in [2.45, 2.75) is 19.8 Å². The zero-order valence-electron chi connectivity index (χ0n) is 13.0. The molecule has 2 heteroatoms. The average Bonchev–Trinajstić information content (AvgIpc) is 2.57. The molecule has 0 unspecified atom stereocenters. The van der Waals surface area contributed by atoms with E-state index < -0.39 is 0 Å². The number of halogens is 2. The van der Waals surface area contributed by atoms with Crippen molar-refractivity contribution in [2.75, 3.05) is 0 Å². The lowest BCUT2D eigenvalue weighted by Crippen LogP contribution is -1.88. The van der Waals surface area contributed by atoms with Crippen LogP contribution in [0.2, 0.25) is 0 Å². The van der Waals surface area contributed by atoms with E-state index in [1.165, 1.54) is 5.56 Å². The van der Waals surface area contributed by atoms with Crippen molar-refractivity contribution in [3.05, 3.63) is 81.7 Å². The van der Waals surface area contributed by atoms with Gasteiger partial charge in [0, 0.05) is 9.13 Å². The highest BCUT2D eigenvalue weighted by molar-refractivity contribution is 14.1. The second-order valence-electron chi connectivity index (χ2n) is 5.65. The van der Waals surface area contributed by atoms with E-state index >= 15 is 0 Å². The summed E-state index contributed by atoms with van der Waals surface area (Å²) in [6.07, 6.45) is 2.22. The molecule has 0 radical (unpaired) electrons. The van der Waals surface area contributed by atoms with Crippen LogP contribution >= 0.6 is 22.6 Å². The second-order valence-corrected chi connectivity index (χ2v) is 6.89. The molecule has 0 nitrogen and oxygen atoms in total. The van der Waals surface area contributed by atoms with Crippen molar-refractivity contribution in [3.63, 3.8) is 0 Å². The predicted octanol–water partition coefficient (Wildman–Crippen LogP) is 6.72. The van der Waals surface area contributed by atoms with Crippen LogP contribution in [0.3, 0.4) is 0 Å². The van der Waals surface area contributed by atoms with Gasteiger partial charge in [-0.1, -0.05) is 61.9 Å². The SMILES string of the molecule is CCCc1ccc(-c2ccc(-c3ccc(I)cc3)c(F)c2)cc1. The Morgan fingerprint density at radius 1 is 0.783 bits per heavy atom. The van der Waals surface area contributed by atoms with Crippen LogP contribution in [0.15, 0.2) is 66.7 Å². The molecule has 0 aliphatic rings. The summed E-state index contributed by atoms with van der Waals surface area (Å²) in [5, 5.41) is 0. The van der Waals surface area contributed by atoms with Crippen molar-refractivity contribution in [1.29, 1.82) is 0 Å². The van der Waals surface area contributed by atoms with Crippen LogP contribution in [0.1, 0.15) is 18.9 Å². The highest BCUT2D eigenvalue weighted by Crippen LogP contribution is 2.28. The normalized spacial score (nSPS) is 10.7. The average molecular weight is 416 g/mol. The van der Waals surface area contributed by atoms with Crippen LogP contribution in [0.5, 0.6) is 0 Å². The van der Waals surface area contributed by atoms with E-state index in [1.807, 2.05) is 36.4 Å². The number of hydrogen-bond acceptors (Lipinski definition) is 0. The van der Waals surface area contributed by atoms with Gasteiger partial charge in [-0.05, 0) is 69.5 Å². The lowest BCUT2D eigenvalue weighted by atomic mass is 9.98. The lowest BCUT2D eigenvalue weighted by Gasteiger charge is -2.08. The number of benzene rings is 3. The van der Waals surface area contributed by atoms with E-state index in [9.17, 15) is 4.39 Å². The largest absolute Gasteiger partial charge is 0.206 e. The first kappa shape index (κ1) is 16.2. The van der Waals surface area contributed by atoms with Gasteiger partial charge in [0.05, 0.1) is 0 Å². The first-order valence-corrected chi connectivity index (χ1v) is 8.90. The first-order valence-electron chi connectivity index (χ1n) is 7.82. The molecule has 0 aromatic heterocycles. The van der Waals surface area contributed by atoms with Gasteiger partial charge < -0.3 is 0 Å². The molecule has 0 aliphatic heterocycles. The van der Waals surface area contributed by atoms with E-state index in [1.54, 1.807) is 6.07 Å². The van der Waals surface area contributed by atoms with E-state index in [0.29, 0.717) is 5.56 Å². The molecule has 116 valence electrons. The zero-order chi connectivity index (χ0) is 16.2. The molecule has 0 spiro atoms. The summed E-state index contributed by atoms with van der Waals surface area (Å²) in [6.45, 7) is 2.17. The summed E-state index contributed by atoms with van der Waals surface area (Å²) in [5.41, 5.74) is 4.85. The van der Waals surface area contributed by atoms with Gasteiger partial charge in [0.2, 0.25) is 0 Å². The summed E-state index contributed by atoms with van der Waals surface area (Å²) < 4.78 is 15.7. The fourth-order valence-electron chi connectivity index (χ4n) is 2.71. The van der Waals surface area contributed by atoms with Crippen LogP contribution in [-0.4, -0.2) is 0 Å². The van der Waals surface area contributed by atoms with Gasteiger partial charge in [-0.2, -0.15) is 0 Å². The summed E-state index contributed by atoms with van der Waals surface area (Å²) in [5.74, 6) is -0.179. The number of hydrogen-bond donors (Lipinski definition) is 0. The molecule has 3 aromatic rings. The molecule has 0 saturated heterocycles. The molecule has 0 atom stereocenters. The van der Waals surface area contributed by atoms with E-state index in [0.717, 1.165) is 33.1 Å². The fourth-order valence-corrected chi connectivity index (χ4v) is 3.07. The van der Waals surface area contributed by atoms with Gasteiger partial charge in [0.1, 0.15) is 5.82 Å². The van der Waals surface area contributed by atoms with Crippen molar-refractivity contribution in [3.8, 4) is 22.3 Å². The Morgan fingerprint density at radius 2 is 1.39 bits per heavy atom. The van der Waals surface area contributed by atoms with E-state index in [-0.39, 0.29) is 5.82 Å². The van der Waals surface area contributed by atoms with Gasteiger partial charge >= 0.3 is 0 Å². The van der Waals surface area contributed by atoms with Crippen molar-refractivity contribution in [2.24, 2.45) is 0 Å². The second kappa shape index (κ2) is 7.26. The highest BCUT2D eigenvalue weighted by Gasteiger charge is 2.07. The molecule has 0 amide bonds. The maximum Gasteiger partial charge on any atom is 0.131 e. The third kappa shape index (κ3) is 3.81. The molecule has 3 rings (SSSR count). The fraction of sp³-hybridized carbons (Fsp3) is 0.143. The Hall–Kier alpha value is -1.68. The van der Waals surface area contributed by atoms with Crippen LogP contribution in [0.4, 0.5) is 4.39 Å². The highest BCUT2D eigenvalue weighted by atomic mass is 127. The van der Waals surface area contributed by atoms with E-state index in [2.05, 4.69) is 53.8 Å². The molecule has 0 bridgehead atoms. The quantitative estimate of drug-likeness (QED) is 0.415. The van der Waals surface area contributed by atoms with Crippen molar-refractivity contribution >= 4 is 22.6 Å². The Morgan fingerprint density at radius 3 is 2.00 bits per heavy atom. The van der Waals surface area contributed by atoms with E-state index in [4.69, 9.17) is 0 Å². The van der Waals surface area contributed by atoms with Crippen molar-refractivity contribution in [1.82, 2.24) is 0 Å². The van der Waals surface area contributed by atoms with Gasteiger partial charge in [-0.3, -0.25) is 0 Å². The maximum atomic E-state index is 14.5. The van der Waals surface area contributed by atoms with Gasteiger partial charge in [-0.25, -0.2) is 4.39 Å². The summed E-state index contributed by atoms with van der Waals surface area (Å²) in [6, 6.07) is 21.8. The Balaban J connectivity index is 1.91. The van der Waals surface area contributed by atoms with Crippen LogP contribution in [-0.2, 0) is 6.42 Å². The number of aryl methyl sites for hydroxylation is 1. The standard InChI is InChI=1S/C21H18FI/c1-2-3-15-4-6-16(7-5-15)18-10-13-20(21(22)14-18)17-8-11-19(23)12-9-17/h4-14H,2-3H2,1H3. The molecule has 23 heavy (non-hydrogen) atoms. The van der Waals surface area contributed by atoms with Gasteiger partial charge in [0.25, 0.3) is 0 Å². The lowest BCUT2D eigenvalue weighted by molar-refractivity contribution is 0.632. The molecule has 0 heterocycles. The smallest absolute Gasteiger partial charge is 0.131 e. The van der Waals surface area contributed by atoms with Crippen LogP contribution in [0.25, 0.3) is 22.3 Å². The molecule has 0 fully saturated rings. The molecular weight excluding hydrogens is 398 g/mol. The Labute approximate surface area is 150 Å². The predicted molar refractivity (Wildman–Crippen MR) is 104 cm³/mol. The molecule has 0 saturated carbocycles. The number of rotatable bonds is 4. The summed E-state index contributed by atoms with van der Waals surface area (Å²) >= 11 is 2.25. The van der Waals surface area contributed by atoms with Crippen LogP contribution < -0.4 is 0 Å². The maximum absolute atomic E-state index is 14.5. The molecule has 0 N–H and O–H groups in total. The van der Waals surface area contributed by atoms with Gasteiger partial charge in [0.15, 0.2) is 0 Å². The first-order chi connectivity index (χ1) is 11.2. The minimum absolute atomic E-state index is 0.179. The third-order valence-electron chi connectivity index (χ3n) is 3.95. The zero-order valence-corrected chi connectivity index (χ0v) is 15.2.